The zero-order valence-corrected chi connectivity index (χ0v) is 10.8. The molecular formula is C13H24N2O2. The maximum absolute atomic E-state index is 12.4. The molecule has 2 aliphatic rings. The molecule has 1 N–H and O–H groups in total. The number of piperidine rings is 1. The number of ether oxygens (including phenoxy) is 1. The highest BCUT2D eigenvalue weighted by Gasteiger charge is 2.30. The first kappa shape index (κ1) is 12.8. The molecule has 2 aliphatic heterocycles. The van der Waals surface area contributed by atoms with E-state index in [0.717, 1.165) is 58.3 Å². The van der Waals surface area contributed by atoms with E-state index < -0.39 is 0 Å². The van der Waals surface area contributed by atoms with Crippen LogP contribution < -0.4 is 5.32 Å². The minimum atomic E-state index is -0.168. The molecule has 98 valence electrons. The van der Waals surface area contributed by atoms with E-state index in [4.69, 9.17) is 4.74 Å². The molecular weight excluding hydrogens is 216 g/mol. The van der Waals surface area contributed by atoms with Crippen molar-refractivity contribution < 1.29 is 9.53 Å². The normalized spacial score (nSPS) is 26.8. The molecule has 1 unspecified atom stereocenters. The lowest BCUT2D eigenvalue weighted by Gasteiger charge is -2.36. The summed E-state index contributed by atoms with van der Waals surface area (Å²) in [5, 5.41) is 3.34. The highest BCUT2D eigenvalue weighted by Crippen LogP contribution is 2.19. The van der Waals surface area contributed by atoms with Crippen molar-refractivity contribution >= 4 is 5.91 Å². The van der Waals surface area contributed by atoms with Crippen molar-refractivity contribution in [3.05, 3.63) is 0 Å². The van der Waals surface area contributed by atoms with Crippen LogP contribution in [0.1, 0.15) is 39.0 Å². The first-order valence-corrected chi connectivity index (χ1v) is 6.95. The third kappa shape index (κ3) is 3.19. The molecule has 2 saturated heterocycles. The van der Waals surface area contributed by atoms with Gasteiger partial charge in [0.05, 0.1) is 0 Å². The Labute approximate surface area is 104 Å². The highest BCUT2D eigenvalue weighted by atomic mass is 16.5. The summed E-state index contributed by atoms with van der Waals surface area (Å²) in [6.45, 7) is 5.69. The molecule has 17 heavy (non-hydrogen) atoms. The average Bonchev–Trinajstić information content (AvgIpc) is 2.42. The van der Waals surface area contributed by atoms with Gasteiger partial charge >= 0.3 is 0 Å². The van der Waals surface area contributed by atoms with E-state index in [1.165, 1.54) is 0 Å². The van der Waals surface area contributed by atoms with Crippen LogP contribution in [-0.4, -0.2) is 49.2 Å². The Balaban J connectivity index is 1.93. The Bertz CT molecular complexity index is 246. The quantitative estimate of drug-likeness (QED) is 0.805. The van der Waals surface area contributed by atoms with Gasteiger partial charge in [-0.1, -0.05) is 0 Å². The van der Waals surface area contributed by atoms with Crippen molar-refractivity contribution in [3.63, 3.8) is 0 Å². The molecule has 1 amide bonds. The average molecular weight is 240 g/mol. The first-order chi connectivity index (χ1) is 8.33. The second-order valence-electron chi connectivity index (χ2n) is 4.96. The van der Waals surface area contributed by atoms with Gasteiger partial charge in [0.15, 0.2) is 0 Å². The molecule has 1 atom stereocenters. The number of likely N-dealkylation sites (N-methyl/N-ethyl adjacent to an activating group) is 1. The minimum absolute atomic E-state index is 0.168. The van der Waals surface area contributed by atoms with Crippen LogP contribution in [0.15, 0.2) is 0 Å². The van der Waals surface area contributed by atoms with Gasteiger partial charge < -0.3 is 15.0 Å². The predicted molar refractivity (Wildman–Crippen MR) is 66.9 cm³/mol. The smallest absolute Gasteiger partial charge is 0.251 e. The molecule has 0 spiro atoms. The van der Waals surface area contributed by atoms with E-state index in [1.807, 2.05) is 4.90 Å². The Morgan fingerprint density at radius 1 is 1.29 bits per heavy atom. The Kier molecular flexibility index (Phi) is 4.80. The Hall–Kier alpha value is -0.610. The van der Waals surface area contributed by atoms with E-state index in [-0.39, 0.29) is 12.0 Å². The number of amides is 1. The van der Waals surface area contributed by atoms with Gasteiger partial charge in [0, 0.05) is 19.2 Å². The van der Waals surface area contributed by atoms with Crippen LogP contribution in [0, 0.1) is 0 Å². The van der Waals surface area contributed by atoms with Crippen LogP contribution in [-0.2, 0) is 9.53 Å². The summed E-state index contributed by atoms with van der Waals surface area (Å²) in [5.74, 6) is 0.221. The molecule has 0 aromatic carbocycles. The van der Waals surface area contributed by atoms with Crippen LogP contribution in [0.5, 0.6) is 0 Å². The summed E-state index contributed by atoms with van der Waals surface area (Å²) in [6, 6.07) is 0.416. The zero-order chi connectivity index (χ0) is 12.1. The largest absolute Gasteiger partial charge is 0.368 e. The summed E-state index contributed by atoms with van der Waals surface area (Å²) in [6.07, 6.45) is 5.11. The fourth-order valence-corrected chi connectivity index (χ4v) is 2.83. The third-order valence-electron chi connectivity index (χ3n) is 3.83. The van der Waals surface area contributed by atoms with Crippen LogP contribution in [0.25, 0.3) is 0 Å². The lowest BCUT2D eigenvalue weighted by Crippen LogP contribution is -2.50. The number of carbonyl (C=O) groups is 1. The van der Waals surface area contributed by atoms with E-state index in [1.54, 1.807) is 0 Å². The second-order valence-corrected chi connectivity index (χ2v) is 4.96. The summed E-state index contributed by atoms with van der Waals surface area (Å²) >= 11 is 0. The van der Waals surface area contributed by atoms with Crippen molar-refractivity contribution in [2.75, 3.05) is 26.2 Å². The molecule has 0 aliphatic carbocycles. The topological polar surface area (TPSA) is 41.6 Å². The van der Waals surface area contributed by atoms with E-state index in [2.05, 4.69) is 12.2 Å². The molecule has 0 saturated carbocycles. The number of carbonyl (C=O) groups excluding carboxylic acids is 1. The van der Waals surface area contributed by atoms with Gasteiger partial charge in [-0.05, 0) is 52.1 Å². The minimum Gasteiger partial charge on any atom is -0.368 e. The van der Waals surface area contributed by atoms with E-state index in [9.17, 15) is 4.79 Å². The molecule has 0 bridgehead atoms. The zero-order valence-electron chi connectivity index (χ0n) is 10.8. The SMILES string of the molecule is CCN(C(=O)C1CCCCO1)C1CCNCC1. The fraction of sp³-hybridized carbons (Fsp3) is 0.923. The second kappa shape index (κ2) is 6.36. The predicted octanol–water partition coefficient (Wildman–Crippen LogP) is 1.16. The molecule has 0 radical (unpaired) electrons. The highest BCUT2D eigenvalue weighted by molar-refractivity contribution is 5.81. The van der Waals surface area contributed by atoms with Crippen LogP contribution in [0.2, 0.25) is 0 Å². The first-order valence-electron chi connectivity index (χ1n) is 6.95. The van der Waals surface area contributed by atoms with Gasteiger partial charge in [-0.2, -0.15) is 0 Å². The number of nitrogens with zero attached hydrogens (tertiary/aromatic N) is 1. The van der Waals surface area contributed by atoms with Crippen LogP contribution >= 0.6 is 0 Å². The van der Waals surface area contributed by atoms with E-state index >= 15 is 0 Å². The fourth-order valence-electron chi connectivity index (χ4n) is 2.83. The number of hydrogen-bond donors (Lipinski definition) is 1. The summed E-state index contributed by atoms with van der Waals surface area (Å²) < 4.78 is 5.61. The molecule has 2 fully saturated rings. The van der Waals surface area contributed by atoms with Gasteiger partial charge in [-0.25, -0.2) is 0 Å². The number of rotatable bonds is 3. The molecule has 2 heterocycles. The van der Waals surface area contributed by atoms with Crippen LogP contribution in [0.4, 0.5) is 0 Å². The van der Waals surface area contributed by atoms with Gasteiger partial charge in [-0.15, -0.1) is 0 Å². The summed E-state index contributed by atoms with van der Waals surface area (Å²) in [5.41, 5.74) is 0. The summed E-state index contributed by atoms with van der Waals surface area (Å²) in [4.78, 5) is 14.4. The lowest BCUT2D eigenvalue weighted by atomic mass is 10.0. The standard InChI is InChI=1S/C13H24N2O2/c1-2-15(11-6-8-14-9-7-11)13(16)12-5-3-4-10-17-12/h11-12,14H,2-10H2,1H3. The molecule has 0 aromatic heterocycles. The van der Waals surface area contributed by atoms with Crippen molar-refractivity contribution in [3.8, 4) is 0 Å². The van der Waals surface area contributed by atoms with E-state index in [0.29, 0.717) is 6.04 Å². The van der Waals surface area contributed by atoms with Gasteiger partial charge in [-0.3, -0.25) is 4.79 Å². The number of hydrogen-bond acceptors (Lipinski definition) is 3. The maximum atomic E-state index is 12.4. The van der Waals surface area contributed by atoms with Crippen molar-refractivity contribution in [2.45, 2.75) is 51.2 Å². The third-order valence-corrected chi connectivity index (χ3v) is 3.83. The van der Waals surface area contributed by atoms with Crippen molar-refractivity contribution in [1.29, 1.82) is 0 Å². The summed E-state index contributed by atoms with van der Waals surface area (Å²) in [7, 11) is 0. The lowest BCUT2D eigenvalue weighted by molar-refractivity contribution is -0.149. The molecule has 2 rings (SSSR count). The Morgan fingerprint density at radius 3 is 2.65 bits per heavy atom. The molecule has 4 heteroatoms. The number of nitrogens with one attached hydrogen (secondary N) is 1. The monoisotopic (exact) mass is 240 g/mol. The van der Waals surface area contributed by atoms with Gasteiger partial charge in [0.1, 0.15) is 6.10 Å². The molecule has 0 aromatic rings. The van der Waals surface area contributed by atoms with Crippen molar-refractivity contribution in [2.24, 2.45) is 0 Å². The molecule has 4 nitrogen and oxygen atoms in total. The van der Waals surface area contributed by atoms with Crippen molar-refractivity contribution in [1.82, 2.24) is 10.2 Å². The Morgan fingerprint density at radius 2 is 2.06 bits per heavy atom. The van der Waals surface area contributed by atoms with Crippen LogP contribution in [0.3, 0.4) is 0 Å². The maximum Gasteiger partial charge on any atom is 0.251 e. The van der Waals surface area contributed by atoms with Gasteiger partial charge in [0.25, 0.3) is 5.91 Å². The van der Waals surface area contributed by atoms with Gasteiger partial charge in [0.2, 0.25) is 0 Å².